The van der Waals surface area contributed by atoms with Gasteiger partial charge in [0.15, 0.2) is 0 Å². The number of halogens is 4. The third-order valence-corrected chi connectivity index (χ3v) is 12.3. The van der Waals surface area contributed by atoms with Crippen LogP contribution in [0.1, 0.15) is 21.0 Å². The van der Waals surface area contributed by atoms with E-state index in [1.54, 1.807) is 30.3 Å². The second-order valence-corrected chi connectivity index (χ2v) is 15.5. The molecule has 6 nitrogen and oxygen atoms in total. The molecule has 43 heavy (non-hydrogen) atoms. The summed E-state index contributed by atoms with van der Waals surface area (Å²) in [7, 11) is -1.68. The predicted molar refractivity (Wildman–Crippen MR) is 169 cm³/mol. The van der Waals surface area contributed by atoms with Crippen molar-refractivity contribution < 1.29 is 31.0 Å². The molecule has 2 aliphatic heterocycles. The minimum absolute atomic E-state index is 0.00358. The topological polar surface area (TPSA) is 56.8 Å². The molecule has 0 aliphatic carbocycles. The summed E-state index contributed by atoms with van der Waals surface area (Å²) in [6.07, 6.45) is -5.23. The monoisotopic (exact) mass is 639 g/mol. The van der Waals surface area contributed by atoms with Gasteiger partial charge in [-0.05, 0) is 55.7 Å². The molecule has 232 valence electrons. The minimum atomic E-state index is -4.47. The van der Waals surface area contributed by atoms with Crippen LogP contribution in [-0.4, -0.2) is 94.4 Å². The number of nitrogens with zero attached hydrogens (tertiary/aromatic N) is 2. The van der Waals surface area contributed by atoms with E-state index in [0.717, 1.165) is 11.3 Å². The number of hydrogen-bond acceptors (Lipinski definition) is 7. The molecule has 0 saturated carbocycles. The van der Waals surface area contributed by atoms with Crippen molar-refractivity contribution in [1.82, 2.24) is 9.80 Å². The molecule has 0 bridgehead atoms. The fraction of sp³-hybridized carbons (Fsp3) is 0.484. The summed E-state index contributed by atoms with van der Waals surface area (Å²) in [4.78, 5) is 4.24. The third kappa shape index (κ3) is 7.49. The minimum Gasteiger partial charge on any atom is -0.495 e. The van der Waals surface area contributed by atoms with E-state index in [-0.39, 0.29) is 29.3 Å². The molecule has 2 atom stereocenters. The van der Waals surface area contributed by atoms with Crippen LogP contribution in [0.15, 0.2) is 36.4 Å². The molecular formula is C31H37F4N4O2PS. The lowest BCUT2D eigenvalue weighted by Crippen LogP contribution is -2.46. The Bertz CT molecular complexity index is 1660. The summed E-state index contributed by atoms with van der Waals surface area (Å²) in [5.74, 6) is 5.75. The Morgan fingerprint density at radius 1 is 1.14 bits per heavy atom. The Kier molecular flexibility index (Phi) is 8.44. The Balaban J connectivity index is 1.40. The SMILES string of the molecule is [2H]C([2H])([2H])Oc1cc(P2(=O)CCN(C)CC2)ccc1NCC#Cc1sc2c(NC3CCN(C)CC3F)cccc2c1CC(F)(F)F. The number of methoxy groups -OCH3 is 1. The Morgan fingerprint density at radius 2 is 1.93 bits per heavy atom. The molecule has 0 amide bonds. The number of rotatable bonds is 7. The highest BCUT2D eigenvalue weighted by atomic mass is 32.1. The predicted octanol–water partition coefficient (Wildman–Crippen LogP) is 5.87. The fourth-order valence-electron chi connectivity index (χ4n) is 5.59. The van der Waals surface area contributed by atoms with E-state index in [2.05, 4.69) is 27.4 Å². The van der Waals surface area contributed by atoms with Crippen molar-refractivity contribution in [3.63, 3.8) is 0 Å². The highest BCUT2D eigenvalue weighted by molar-refractivity contribution is 7.71. The molecule has 2 N–H and O–H groups in total. The molecule has 2 saturated heterocycles. The van der Waals surface area contributed by atoms with E-state index in [0.29, 0.717) is 65.1 Å². The van der Waals surface area contributed by atoms with Gasteiger partial charge in [0.25, 0.3) is 0 Å². The molecule has 2 aliphatic rings. The number of thiophene rings is 1. The first-order chi connectivity index (χ1) is 21.6. The Labute approximate surface area is 258 Å². The van der Waals surface area contributed by atoms with Crippen molar-refractivity contribution in [3.8, 4) is 17.6 Å². The number of fused-ring (bicyclic) bond motifs is 1. The van der Waals surface area contributed by atoms with Crippen LogP contribution >= 0.6 is 18.5 Å². The maximum absolute atomic E-state index is 14.8. The zero-order valence-electron chi connectivity index (χ0n) is 27.1. The molecule has 0 radical (unpaired) electrons. The van der Waals surface area contributed by atoms with Crippen LogP contribution in [-0.2, 0) is 11.0 Å². The van der Waals surface area contributed by atoms with Crippen molar-refractivity contribution in [2.45, 2.75) is 31.2 Å². The molecule has 3 aromatic rings. The lowest BCUT2D eigenvalue weighted by Gasteiger charge is -2.33. The molecule has 1 aromatic heterocycles. The van der Waals surface area contributed by atoms with Crippen LogP contribution in [0.25, 0.3) is 10.1 Å². The molecule has 3 heterocycles. The van der Waals surface area contributed by atoms with Gasteiger partial charge in [-0.15, -0.1) is 11.3 Å². The lowest BCUT2D eigenvalue weighted by molar-refractivity contribution is -0.126. The van der Waals surface area contributed by atoms with Crippen LogP contribution < -0.4 is 20.7 Å². The summed E-state index contributed by atoms with van der Waals surface area (Å²) in [6.45, 7) is 2.30. The fourth-order valence-corrected chi connectivity index (χ4v) is 9.52. The van der Waals surface area contributed by atoms with Gasteiger partial charge in [0, 0.05) is 43.8 Å². The van der Waals surface area contributed by atoms with Gasteiger partial charge in [0.2, 0.25) is 0 Å². The van der Waals surface area contributed by atoms with Crippen LogP contribution in [0.4, 0.5) is 28.9 Å². The quantitative estimate of drug-likeness (QED) is 0.192. The second kappa shape index (κ2) is 13.1. The van der Waals surface area contributed by atoms with Crippen LogP contribution in [0.2, 0.25) is 0 Å². The van der Waals surface area contributed by atoms with Crippen molar-refractivity contribution in [1.29, 1.82) is 0 Å². The third-order valence-electron chi connectivity index (χ3n) is 8.08. The van der Waals surface area contributed by atoms with E-state index < -0.39 is 39.0 Å². The van der Waals surface area contributed by atoms with Gasteiger partial charge in [-0.2, -0.15) is 13.2 Å². The molecule has 2 aromatic carbocycles. The number of alkyl halides is 4. The Hall–Kier alpha value is -2.77. The number of anilines is 2. The lowest BCUT2D eigenvalue weighted by atomic mass is 10.0. The highest BCUT2D eigenvalue weighted by Crippen LogP contribution is 2.47. The first-order valence-electron chi connectivity index (χ1n) is 15.6. The van der Waals surface area contributed by atoms with Crippen molar-refractivity contribution in [2.75, 3.05) is 76.8 Å². The standard InChI is InChI=1S/C31H37F4N4O2PS/c1-38-14-16-42(40,17-15-38)21-9-10-26(28(18-21)41-3)36-12-5-8-29-23(19-31(33,34)35)22-6-4-7-27(30(22)43-29)37-25-11-13-39(2)20-24(25)32/h4,6-7,9-10,18,24-25,36-37H,11-17,19-20H2,1-3H3/i3D3. The molecule has 0 spiro atoms. The molecule has 12 heteroatoms. The number of benzene rings is 2. The maximum Gasteiger partial charge on any atom is 0.393 e. The second-order valence-electron chi connectivity index (χ2n) is 11.3. The van der Waals surface area contributed by atoms with E-state index in [4.69, 9.17) is 8.85 Å². The average molecular weight is 640 g/mol. The summed E-state index contributed by atoms with van der Waals surface area (Å²) < 4.78 is 98.1. The van der Waals surface area contributed by atoms with Gasteiger partial charge in [-0.25, -0.2) is 4.39 Å². The molecule has 2 unspecified atom stereocenters. The van der Waals surface area contributed by atoms with Gasteiger partial charge >= 0.3 is 6.18 Å². The number of hydrogen-bond donors (Lipinski definition) is 2. The largest absolute Gasteiger partial charge is 0.495 e. The zero-order valence-corrected chi connectivity index (χ0v) is 25.8. The van der Waals surface area contributed by atoms with Gasteiger partial charge in [0.05, 0.1) is 51.1 Å². The van der Waals surface area contributed by atoms with Gasteiger partial charge in [-0.3, -0.25) is 0 Å². The number of ether oxygens (including phenoxy) is 1. The maximum atomic E-state index is 14.8. The average Bonchev–Trinajstić information content (AvgIpc) is 3.30. The molecule has 2 fully saturated rings. The van der Waals surface area contributed by atoms with E-state index in [9.17, 15) is 22.1 Å². The van der Waals surface area contributed by atoms with E-state index >= 15 is 0 Å². The number of piperidine rings is 1. The Morgan fingerprint density at radius 3 is 2.65 bits per heavy atom. The van der Waals surface area contributed by atoms with Crippen molar-refractivity contribution >= 4 is 45.2 Å². The van der Waals surface area contributed by atoms with Crippen molar-refractivity contribution in [3.05, 3.63) is 46.8 Å². The van der Waals surface area contributed by atoms with Gasteiger partial charge < -0.3 is 29.7 Å². The number of nitrogens with one attached hydrogen (secondary N) is 2. The summed E-state index contributed by atoms with van der Waals surface area (Å²) in [5, 5.41) is 7.20. The number of likely N-dealkylation sites (tertiary alicyclic amines) is 1. The van der Waals surface area contributed by atoms with Crippen LogP contribution in [0, 0.1) is 11.8 Å². The smallest absolute Gasteiger partial charge is 0.393 e. The molecule has 5 rings (SSSR count). The summed E-state index contributed by atoms with van der Waals surface area (Å²) >= 11 is 1.13. The van der Waals surface area contributed by atoms with Crippen LogP contribution in [0.5, 0.6) is 5.75 Å². The first-order valence-corrected chi connectivity index (χ1v) is 17.0. The van der Waals surface area contributed by atoms with Crippen molar-refractivity contribution in [2.24, 2.45) is 0 Å². The van der Waals surface area contributed by atoms with E-state index in [1.165, 1.54) is 6.07 Å². The highest BCUT2D eigenvalue weighted by Gasteiger charge is 2.33. The van der Waals surface area contributed by atoms with E-state index in [1.807, 2.05) is 19.0 Å². The normalized spacial score (nSPS) is 22.6. The summed E-state index contributed by atoms with van der Waals surface area (Å²) in [6, 6.07) is 9.38. The van der Waals surface area contributed by atoms with Gasteiger partial charge in [0.1, 0.15) is 19.1 Å². The van der Waals surface area contributed by atoms with Gasteiger partial charge in [-0.1, -0.05) is 24.0 Å². The molecular weight excluding hydrogens is 599 g/mol. The first kappa shape index (κ1) is 27.8. The zero-order chi connectivity index (χ0) is 33.3. The summed E-state index contributed by atoms with van der Waals surface area (Å²) in [5.41, 5.74) is 0.944. The van der Waals surface area contributed by atoms with Crippen LogP contribution in [0.3, 0.4) is 0 Å².